The van der Waals surface area contributed by atoms with Crippen LogP contribution in [0.25, 0.3) is 16.5 Å². The number of hydrogen-bond acceptors (Lipinski definition) is 2. The van der Waals surface area contributed by atoms with E-state index in [9.17, 15) is 4.79 Å². The molecule has 5 nitrogen and oxygen atoms in total. The van der Waals surface area contributed by atoms with Gasteiger partial charge in [0.1, 0.15) is 0 Å². The molecule has 1 rings (SSSR count). The molecule has 1 N–H and O–H groups in total. The third-order valence-electron chi connectivity index (χ3n) is 1.45. The average Bonchev–Trinajstić information content (AvgIpc) is 2.16. The van der Waals surface area contributed by atoms with Crippen LogP contribution >= 0.6 is 0 Å². The van der Waals surface area contributed by atoms with Crippen LogP contribution in [0.3, 0.4) is 0 Å². The molecular weight excluding hydrogens is 182 g/mol. The van der Waals surface area contributed by atoms with Crippen LogP contribution in [0.1, 0.15) is 5.56 Å². The van der Waals surface area contributed by atoms with Gasteiger partial charge < -0.3 is 5.11 Å². The zero-order valence-electron chi connectivity index (χ0n) is 7.16. The van der Waals surface area contributed by atoms with Gasteiger partial charge in [-0.2, -0.15) is 0 Å². The lowest BCUT2D eigenvalue weighted by Gasteiger charge is -1.93. The molecule has 0 bridgehead atoms. The molecule has 0 amide bonds. The lowest BCUT2D eigenvalue weighted by molar-refractivity contribution is -0.131. The van der Waals surface area contributed by atoms with Gasteiger partial charge in [-0.15, -0.1) is 0 Å². The Kier molecular flexibility index (Phi) is 3.29. The number of carboxylic acid groups (broad SMARTS) is 1. The molecule has 0 saturated heterocycles. The normalized spacial score (nSPS) is 9.71. The van der Waals surface area contributed by atoms with E-state index in [1.54, 1.807) is 24.3 Å². The summed E-state index contributed by atoms with van der Waals surface area (Å²) in [7, 11) is 0. The maximum atomic E-state index is 10.2. The van der Waals surface area contributed by atoms with Crippen LogP contribution in [0.15, 0.2) is 35.5 Å². The molecule has 0 atom stereocenters. The van der Waals surface area contributed by atoms with Crippen LogP contribution in [0.4, 0.5) is 5.69 Å². The molecule has 1 aromatic rings. The van der Waals surface area contributed by atoms with Gasteiger partial charge in [-0.1, -0.05) is 23.3 Å². The number of carbonyl (C=O) groups is 1. The largest absolute Gasteiger partial charge is 0.478 e. The molecule has 0 aromatic heterocycles. The first-order valence-corrected chi connectivity index (χ1v) is 3.78. The standard InChI is InChI=1S/C9H7N3O2/c10-12-11-8-3-1-2-7(6-8)4-5-9(13)14/h1-6H,(H,13,14). The minimum atomic E-state index is -1.01. The third-order valence-corrected chi connectivity index (χ3v) is 1.45. The number of rotatable bonds is 3. The van der Waals surface area contributed by atoms with Crippen LogP contribution < -0.4 is 0 Å². The predicted octanol–water partition coefficient (Wildman–Crippen LogP) is 2.73. The fourth-order valence-electron chi connectivity index (χ4n) is 0.910. The molecule has 0 aliphatic heterocycles. The van der Waals surface area contributed by atoms with Crippen LogP contribution in [-0.2, 0) is 4.79 Å². The Bertz CT molecular complexity index is 420. The van der Waals surface area contributed by atoms with E-state index in [-0.39, 0.29) is 0 Å². The topological polar surface area (TPSA) is 86.1 Å². The van der Waals surface area contributed by atoms with Gasteiger partial charge in [0, 0.05) is 16.7 Å². The van der Waals surface area contributed by atoms with Crippen molar-refractivity contribution in [3.63, 3.8) is 0 Å². The summed E-state index contributed by atoms with van der Waals surface area (Å²) in [5, 5.41) is 11.8. The van der Waals surface area contributed by atoms with Crippen LogP contribution in [0.2, 0.25) is 0 Å². The van der Waals surface area contributed by atoms with Gasteiger partial charge in [0.2, 0.25) is 0 Å². The molecule has 1 aromatic carbocycles. The minimum absolute atomic E-state index is 0.458. The van der Waals surface area contributed by atoms with Crippen molar-refractivity contribution in [2.45, 2.75) is 0 Å². The Labute approximate surface area is 79.9 Å². The predicted molar refractivity (Wildman–Crippen MR) is 51.9 cm³/mol. The van der Waals surface area contributed by atoms with E-state index in [4.69, 9.17) is 10.6 Å². The Morgan fingerprint density at radius 1 is 1.57 bits per heavy atom. The summed E-state index contributed by atoms with van der Waals surface area (Å²) in [4.78, 5) is 12.8. The molecule has 0 saturated carbocycles. The molecule has 0 aliphatic carbocycles. The van der Waals surface area contributed by atoms with Gasteiger partial charge in [0.05, 0.1) is 0 Å². The highest BCUT2D eigenvalue weighted by atomic mass is 16.4. The highest BCUT2D eigenvalue weighted by Gasteiger charge is 1.91. The second-order valence-electron chi connectivity index (χ2n) is 2.46. The molecular formula is C9H7N3O2. The van der Waals surface area contributed by atoms with Crippen LogP contribution in [-0.4, -0.2) is 11.1 Å². The van der Waals surface area contributed by atoms with Crippen LogP contribution in [0, 0.1) is 0 Å². The summed E-state index contributed by atoms with van der Waals surface area (Å²) in [5.41, 5.74) is 9.31. The maximum absolute atomic E-state index is 10.2. The lowest BCUT2D eigenvalue weighted by Crippen LogP contribution is -1.85. The van der Waals surface area contributed by atoms with E-state index >= 15 is 0 Å². The number of carboxylic acids is 1. The van der Waals surface area contributed by atoms with Crippen molar-refractivity contribution >= 4 is 17.7 Å². The second-order valence-corrected chi connectivity index (χ2v) is 2.46. The average molecular weight is 189 g/mol. The van der Waals surface area contributed by atoms with Crippen molar-refractivity contribution in [1.82, 2.24) is 0 Å². The van der Waals surface area contributed by atoms with Gasteiger partial charge in [-0.05, 0) is 23.2 Å². The quantitative estimate of drug-likeness (QED) is 0.343. The van der Waals surface area contributed by atoms with Gasteiger partial charge in [0.15, 0.2) is 0 Å². The molecule has 0 aliphatic rings. The summed E-state index contributed by atoms with van der Waals surface area (Å²) in [6.07, 6.45) is 2.45. The van der Waals surface area contributed by atoms with Crippen molar-refractivity contribution in [3.05, 3.63) is 46.3 Å². The Morgan fingerprint density at radius 3 is 3.00 bits per heavy atom. The molecule has 0 unspecified atom stereocenters. The van der Waals surface area contributed by atoms with Gasteiger partial charge in [0.25, 0.3) is 0 Å². The fraction of sp³-hybridized carbons (Fsp3) is 0. The SMILES string of the molecule is [N-]=[N+]=Nc1cccc(C=CC(=O)O)c1. The minimum Gasteiger partial charge on any atom is -0.478 e. The third kappa shape index (κ3) is 3.00. The Balaban J connectivity index is 2.94. The summed E-state index contributed by atoms with van der Waals surface area (Å²) < 4.78 is 0. The number of hydrogen-bond donors (Lipinski definition) is 1. The van der Waals surface area contributed by atoms with E-state index in [1.165, 1.54) is 6.08 Å². The van der Waals surface area contributed by atoms with Crippen molar-refractivity contribution in [3.8, 4) is 0 Å². The van der Waals surface area contributed by atoms with E-state index in [0.717, 1.165) is 6.08 Å². The van der Waals surface area contributed by atoms with Gasteiger partial charge >= 0.3 is 5.97 Å². The molecule has 5 heteroatoms. The number of nitrogens with zero attached hydrogens (tertiary/aromatic N) is 3. The molecule has 0 spiro atoms. The molecule has 0 heterocycles. The number of aliphatic carboxylic acids is 1. The molecule has 0 radical (unpaired) electrons. The first-order chi connectivity index (χ1) is 6.72. The van der Waals surface area contributed by atoms with E-state index in [1.807, 2.05) is 0 Å². The molecule has 0 fully saturated rings. The lowest BCUT2D eigenvalue weighted by atomic mass is 10.2. The molecule has 14 heavy (non-hydrogen) atoms. The monoisotopic (exact) mass is 189 g/mol. The fourth-order valence-corrected chi connectivity index (χ4v) is 0.910. The summed E-state index contributed by atoms with van der Waals surface area (Å²) in [6.45, 7) is 0. The van der Waals surface area contributed by atoms with Gasteiger partial charge in [-0.25, -0.2) is 4.79 Å². The van der Waals surface area contributed by atoms with Crippen molar-refractivity contribution in [1.29, 1.82) is 0 Å². The molecule has 70 valence electrons. The van der Waals surface area contributed by atoms with E-state index < -0.39 is 5.97 Å². The zero-order valence-corrected chi connectivity index (χ0v) is 7.16. The van der Waals surface area contributed by atoms with Crippen molar-refractivity contribution in [2.75, 3.05) is 0 Å². The summed E-state index contributed by atoms with van der Waals surface area (Å²) in [5.74, 6) is -1.01. The number of benzene rings is 1. The Morgan fingerprint density at radius 2 is 2.36 bits per heavy atom. The second kappa shape index (κ2) is 4.69. The van der Waals surface area contributed by atoms with E-state index in [0.29, 0.717) is 11.3 Å². The van der Waals surface area contributed by atoms with E-state index in [2.05, 4.69) is 10.0 Å². The summed E-state index contributed by atoms with van der Waals surface area (Å²) >= 11 is 0. The van der Waals surface area contributed by atoms with Crippen molar-refractivity contribution < 1.29 is 9.90 Å². The number of azide groups is 1. The Hall–Kier alpha value is -2.26. The maximum Gasteiger partial charge on any atom is 0.328 e. The van der Waals surface area contributed by atoms with Crippen molar-refractivity contribution in [2.24, 2.45) is 5.11 Å². The first-order valence-electron chi connectivity index (χ1n) is 3.78. The highest BCUT2D eigenvalue weighted by Crippen LogP contribution is 2.14. The summed E-state index contributed by atoms with van der Waals surface area (Å²) in [6, 6.07) is 6.64. The highest BCUT2D eigenvalue weighted by molar-refractivity contribution is 5.85. The van der Waals surface area contributed by atoms with Crippen LogP contribution in [0.5, 0.6) is 0 Å². The smallest absolute Gasteiger partial charge is 0.328 e. The first kappa shape index (κ1) is 9.83. The zero-order chi connectivity index (χ0) is 10.4. The van der Waals surface area contributed by atoms with Gasteiger partial charge in [-0.3, -0.25) is 0 Å².